The van der Waals surface area contributed by atoms with Gasteiger partial charge in [0.25, 0.3) is 0 Å². The third kappa shape index (κ3) is 3.17. The first kappa shape index (κ1) is 20.8. The standard InChI is InChI=1S/C23H16F5N5O/c24-14-5-13(32-8-18(31-10-32)23(26,27)28)6-15(25)20(14)21-19(11-1-2-11)22(34)33(21)12-3-4-16-17(7-12)30-9-29-16/h3-11,19,21H,1-2H2,(H,29,30). The first-order chi connectivity index (χ1) is 16.2. The molecule has 4 aromatic rings. The van der Waals surface area contributed by atoms with Gasteiger partial charge >= 0.3 is 6.18 Å². The number of hydrogen-bond acceptors (Lipinski definition) is 3. The second-order valence-corrected chi connectivity index (χ2v) is 8.61. The molecule has 2 aromatic heterocycles. The van der Waals surface area contributed by atoms with Crippen LogP contribution in [0.4, 0.5) is 27.6 Å². The zero-order chi connectivity index (χ0) is 23.8. The highest BCUT2D eigenvalue weighted by Crippen LogP contribution is 2.55. The Kier molecular flexibility index (Phi) is 4.36. The highest BCUT2D eigenvalue weighted by molar-refractivity contribution is 6.04. The highest BCUT2D eigenvalue weighted by atomic mass is 19.4. The van der Waals surface area contributed by atoms with E-state index in [4.69, 9.17) is 0 Å². The van der Waals surface area contributed by atoms with Crippen LogP contribution in [-0.4, -0.2) is 25.4 Å². The Morgan fingerprint density at radius 2 is 1.74 bits per heavy atom. The second kappa shape index (κ2) is 7.12. The Balaban J connectivity index is 1.41. The lowest BCUT2D eigenvalue weighted by Crippen LogP contribution is -2.56. The van der Waals surface area contributed by atoms with E-state index in [0.717, 1.165) is 41.4 Å². The number of β-lactam (4-membered cyclic amide) rings is 1. The normalized spacial score (nSPS) is 20.7. The Bertz CT molecular complexity index is 1410. The minimum atomic E-state index is -4.68. The molecule has 2 aliphatic rings. The molecule has 2 unspecified atom stereocenters. The van der Waals surface area contributed by atoms with Gasteiger partial charge < -0.3 is 14.5 Å². The zero-order valence-electron chi connectivity index (χ0n) is 17.4. The summed E-state index contributed by atoms with van der Waals surface area (Å²) in [6.07, 6.45) is -0.0518. The van der Waals surface area contributed by atoms with E-state index < -0.39 is 35.5 Å². The maximum Gasteiger partial charge on any atom is 0.434 e. The molecular formula is C23H16F5N5O. The number of aromatic nitrogens is 4. The lowest BCUT2D eigenvalue weighted by molar-refractivity contribution is -0.141. The molecule has 3 heterocycles. The first-order valence-corrected chi connectivity index (χ1v) is 10.6. The molecule has 2 fully saturated rings. The van der Waals surface area contributed by atoms with Crippen LogP contribution in [0.25, 0.3) is 16.7 Å². The molecule has 1 aliphatic carbocycles. The van der Waals surface area contributed by atoms with Crippen LogP contribution in [0.3, 0.4) is 0 Å². The Hall–Kier alpha value is -3.76. The van der Waals surface area contributed by atoms with Crippen molar-refractivity contribution in [3.8, 4) is 5.69 Å². The number of H-pyrrole nitrogens is 1. The van der Waals surface area contributed by atoms with Gasteiger partial charge in [-0.25, -0.2) is 18.7 Å². The molecule has 0 radical (unpaired) electrons. The zero-order valence-corrected chi connectivity index (χ0v) is 17.4. The summed E-state index contributed by atoms with van der Waals surface area (Å²) < 4.78 is 70.2. The second-order valence-electron chi connectivity index (χ2n) is 8.61. The average Bonchev–Trinajstić information content (AvgIpc) is 3.26. The predicted octanol–water partition coefficient (Wildman–Crippen LogP) is 5.16. The molecule has 0 bridgehead atoms. The number of benzene rings is 2. The van der Waals surface area contributed by atoms with Gasteiger partial charge in [-0.1, -0.05) is 0 Å². The van der Waals surface area contributed by atoms with Crippen LogP contribution < -0.4 is 4.90 Å². The fraction of sp³-hybridized carbons (Fsp3) is 0.261. The summed E-state index contributed by atoms with van der Waals surface area (Å²) in [5.74, 6) is -2.61. The van der Waals surface area contributed by atoms with Crippen LogP contribution in [0.5, 0.6) is 0 Å². The molecule has 6 nitrogen and oxygen atoms in total. The number of alkyl halides is 3. The maximum absolute atomic E-state index is 15.3. The van der Waals surface area contributed by atoms with Gasteiger partial charge in [0.05, 0.1) is 41.3 Å². The van der Waals surface area contributed by atoms with Crippen molar-refractivity contribution in [3.05, 3.63) is 72.1 Å². The number of fused-ring (bicyclic) bond motifs is 1. The van der Waals surface area contributed by atoms with Crippen molar-refractivity contribution in [3.63, 3.8) is 0 Å². The molecular weight excluding hydrogens is 457 g/mol. The van der Waals surface area contributed by atoms with Gasteiger partial charge in [0.2, 0.25) is 5.91 Å². The number of amides is 1. The fourth-order valence-corrected chi connectivity index (χ4v) is 4.71. The highest BCUT2D eigenvalue weighted by Gasteiger charge is 2.56. The van der Waals surface area contributed by atoms with Crippen molar-refractivity contribution >= 4 is 22.6 Å². The number of imidazole rings is 2. The van der Waals surface area contributed by atoms with Crippen molar-refractivity contribution in [1.29, 1.82) is 0 Å². The van der Waals surface area contributed by atoms with E-state index >= 15 is 8.78 Å². The van der Waals surface area contributed by atoms with Gasteiger partial charge in [0.15, 0.2) is 5.69 Å². The summed E-state index contributed by atoms with van der Waals surface area (Å²) in [5, 5.41) is 0. The number of nitrogens with one attached hydrogen (secondary N) is 1. The van der Waals surface area contributed by atoms with Crippen LogP contribution in [0.2, 0.25) is 0 Å². The molecule has 34 heavy (non-hydrogen) atoms. The number of carbonyl (C=O) groups is 1. The molecule has 11 heteroatoms. The van der Waals surface area contributed by atoms with Crippen molar-refractivity contribution in [2.45, 2.75) is 25.1 Å². The SMILES string of the molecule is O=C1C(C2CC2)C(c2c(F)cc(-n3cnc(C(F)(F)F)c3)cc2F)N1c1ccc2[nH]cnc2c1. The smallest absolute Gasteiger partial charge is 0.345 e. The molecule has 6 rings (SSSR count). The lowest BCUT2D eigenvalue weighted by Gasteiger charge is -2.48. The predicted molar refractivity (Wildman–Crippen MR) is 111 cm³/mol. The van der Waals surface area contributed by atoms with Crippen LogP contribution in [0.15, 0.2) is 49.2 Å². The van der Waals surface area contributed by atoms with E-state index in [1.807, 2.05) is 0 Å². The monoisotopic (exact) mass is 473 g/mol. The first-order valence-electron chi connectivity index (χ1n) is 10.6. The van der Waals surface area contributed by atoms with E-state index in [1.54, 1.807) is 18.2 Å². The maximum atomic E-state index is 15.3. The van der Waals surface area contributed by atoms with Gasteiger partial charge in [0, 0.05) is 17.4 Å². The molecule has 174 valence electrons. The Morgan fingerprint density at radius 3 is 2.38 bits per heavy atom. The number of rotatable bonds is 4. The van der Waals surface area contributed by atoms with Gasteiger partial charge in [0.1, 0.15) is 11.6 Å². The van der Waals surface area contributed by atoms with Gasteiger partial charge in [-0.15, -0.1) is 0 Å². The van der Waals surface area contributed by atoms with E-state index in [1.165, 1.54) is 11.2 Å². The number of carbonyl (C=O) groups excluding carboxylic acids is 1. The molecule has 0 spiro atoms. The molecule has 1 saturated carbocycles. The number of anilines is 1. The largest absolute Gasteiger partial charge is 0.434 e. The van der Waals surface area contributed by atoms with Crippen molar-refractivity contribution in [2.75, 3.05) is 4.90 Å². The summed E-state index contributed by atoms with van der Waals surface area (Å²) in [6.45, 7) is 0. The molecule has 2 aromatic carbocycles. The van der Waals surface area contributed by atoms with E-state index in [9.17, 15) is 18.0 Å². The summed E-state index contributed by atoms with van der Waals surface area (Å²) in [4.78, 5) is 24.8. The summed E-state index contributed by atoms with van der Waals surface area (Å²) in [5.41, 5.74) is 0.246. The Morgan fingerprint density at radius 1 is 1.00 bits per heavy atom. The van der Waals surface area contributed by atoms with Crippen LogP contribution in [0.1, 0.15) is 30.1 Å². The third-order valence-electron chi connectivity index (χ3n) is 6.48. The number of aromatic amines is 1. The minimum Gasteiger partial charge on any atom is -0.345 e. The number of hydrogen-bond donors (Lipinski definition) is 1. The van der Waals surface area contributed by atoms with Crippen LogP contribution in [-0.2, 0) is 11.0 Å². The van der Waals surface area contributed by atoms with Crippen LogP contribution in [0, 0.1) is 23.5 Å². The van der Waals surface area contributed by atoms with Gasteiger partial charge in [-0.3, -0.25) is 4.79 Å². The quantitative estimate of drug-likeness (QED) is 0.329. The van der Waals surface area contributed by atoms with Crippen molar-refractivity contribution in [1.82, 2.24) is 19.5 Å². The summed E-state index contributed by atoms with van der Waals surface area (Å²) in [6, 6.07) is 6.15. The molecule has 1 saturated heterocycles. The van der Waals surface area contributed by atoms with Crippen molar-refractivity contribution < 1.29 is 26.7 Å². The van der Waals surface area contributed by atoms with Gasteiger partial charge in [-0.2, -0.15) is 13.2 Å². The number of halogens is 5. The van der Waals surface area contributed by atoms with Crippen molar-refractivity contribution in [2.24, 2.45) is 11.8 Å². The molecule has 1 amide bonds. The molecule has 2 atom stereocenters. The summed E-state index contributed by atoms with van der Waals surface area (Å²) >= 11 is 0. The Labute approximate surface area is 189 Å². The molecule has 1 N–H and O–H groups in total. The fourth-order valence-electron chi connectivity index (χ4n) is 4.71. The lowest BCUT2D eigenvalue weighted by atomic mass is 9.78. The van der Waals surface area contributed by atoms with E-state index in [0.29, 0.717) is 17.4 Å². The van der Waals surface area contributed by atoms with E-state index in [2.05, 4.69) is 15.0 Å². The van der Waals surface area contributed by atoms with Crippen LogP contribution >= 0.6 is 0 Å². The third-order valence-corrected chi connectivity index (χ3v) is 6.48. The average molecular weight is 473 g/mol. The minimum absolute atomic E-state index is 0.0457. The topological polar surface area (TPSA) is 66.8 Å². The van der Waals surface area contributed by atoms with Gasteiger partial charge in [-0.05, 0) is 49.1 Å². The summed E-state index contributed by atoms with van der Waals surface area (Å²) in [7, 11) is 0. The molecule has 1 aliphatic heterocycles. The van der Waals surface area contributed by atoms with E-state index in [-0.39, 0.29) is 23.1 Å². The number of nitrogens with zero attached hydrogens (tertiary/aromatic N) is 4.